The van der Waals surface area contributed by atoms with Gasteiger partial charge in [0.1, 0.15) is 0 Å². The summed E-state index contributed by atoms with van der Waals surface area (Å²) in [5.41, 5.74) is 0. The minimum atomic E-state index is 0.291. The molecule has 2 rings (SSSR count). The third-order valence-corrected chi connectivity index (χ3v) is 3.77. The third kappa shape index (κ3) is 1.73. The molecule has 0 bridgehead atoms. The lowest BCUT2D eigenvalue weighted by Crippen LogP contribution is -2.26. The van der Waals surface area contributed by atoms with E-state index in [9.17, 15) is 5.11 Å². The van der Waals surface area contributed by atoms with E-state index < -0.39 is 0 Å². The lowest BCUT2D eigenvalue weighted by molar-refractivity contribution is 0.00735. The Kier molecular flexibility index (Phi) is 3.24. The van der Waals surface area contributed by atoms with Crippen molar-refractivity contribution in [1.29, 1.82) is 0 Å². The monoisotopic (exact) mass is 196 g/mol. The molecule has 0 saturated heterocycles. The lowest BCUT2D eigenvalue weighted by atomic mass is 9.82. The summed E-state index contributed by atoms with van der Waals surface area (Å²) in [5, 5.41) is 9.40. The molecule has 0 unspecified atom stereocenters. The van der Waals surface area contributed by atoms with Gasteiger partial charge < -0.3 is 9.84 Å². The van der Waals surface area contributed by atoms with E-state index in [-0.39, 0.29) is 0 Å². The van der Waals surface area contributed by atoms with Crippen molar-refractivity contribution in [3.63, 3.8) is 0 Å². The fourth-order valence-corrected chi connectivity index (χ4v) is 3.09. The zero-order valence-electron chi connectivity index (χ0n) is 8.86. The van der Waals surface area contributed by atoms with Gasteiger partial charge in [0.05, 0.1) is 6.10 Å². The number of hydrogen-bond donors (Lipinski definition) is 1. The first kappa shape index (κ1) is 10.2. The summed E-state index contributed by atoms with van der Waals surface area (Å²) in [5.74, 6) is 1.81. The number of hydrogen-bond acceptors (Lipinski definition) is 2. The van der Waals surface area contributed by atoms with Crippen LogP contribution in [0.5, 0.6) is 0 Å². The van der Waals surface area contributed by atoms with E-state index in [0.717, 1.165) is 25.4 Å². The molecule has 2 aliphatic carbocycles. The second-order valence-electron chi connectivity index (χ2n) is 4.44. The summed E-state index contributed by atoms with van der Waals surface area (Å²) in [6.45, 7) is 3.10. The molecule has 1 fully saturated rings. The van der Waals surface area contributed by atoms with Crippen LogP contribution in [0.15, 0.2) is 12.2 Å². The van der Waals surface area contributed by atoms with Crippen LogP contribution in [0.4, 0.5) is 0 Å². The second kappa shape index (κ2) is 4.45. The van der Waals surface area contributed by atoms with Crippen LogP contribution in [-0.2, 0) is 4.74 Å². The molecule has 2 nitrogen and oxygen atoms in total. The SMILES string of the molecule is CCO[C@H]1C[C@@H]2CC=CC[C@H]2[C@@H]1CO. The van der Waals surface area contributed by atoms with Crippen molar-refractivity contribution in [1.82, 2.24) is 0 Å². The Bertz CT molecular complexity index is 212. The topological polar surface area (TPSA) is 29.5 Å². The van der Waals surface area contributed by atoms with Crippen molar-refractivity contribution in [2.45, 2.75) is 32.3 Å². The van der Waals surface area contributed by atoms with Gasteiger partial charge >= 0.3 is 0 Å². The molecule has 0 aliphatic heterocycles. The van der Waals surface area contributed by atoms with E-state index >= 15 is 0 Å². The predicted octanol–water partition coefficient (Wildman–Crippen LogP) is 1.99. The largest absolute Gasteiger partial charge is 0.396 e. The summed E-state index contributed by atoms with van der Waals surface area (Å²) >= 11 is 0. The number of aliphatic hydroxyl groups is 1. The van der Waals surface area contributed by atoms with Gasteiger partial charge in [0.2, 0.25) is 0 Å². The van der Waals surface area contributed by atoms with Gasteiger partial charge in [0, 0.05) is 19.1 Å². The molecule has 4 atom stereocenters. The number of rotatable bonds is 3. The third-order valence-electron chi connectivity index (χ3n) is 3.77. The molecule has 0 heterocycles. The molecule has 0 aromatic heterocycles. The van der Waals surface area contributed by atoms with Crippen molar-refractivity contribution in [3.05, 3.63) is 12.2 Å². The van der Waals surface area contributed by atoms with Gasteiger partial charge in [-0.3, -0.25) is 0 Å². The van der Waals surface area contributed by atoms with Crippen LogP contribution >= 0.6 is 0 Å². The summed E-state index contributed by atoms with van der Waals surface area (Å²) < 4.78 is 5.71. The van der Waals surface area contributed by atoms with Crippen LogP contribution < -0.4 is 0 Å². The number of aliphatic hydroxyl groups excluding tert-OH is 1. The zero-order chi connectivity index (χ0) is 9.97. The maximum Gasteiger partial charge on any atom is 0.0630 e. The van der Waals surface area contributed by atoms with E-state index in [4.69, 9.17) is 4.74 Å². The smallest absolute Gasteiger partial charge is 0.0630 e. The molecule has 0 amide bonds. The molecule has 0 aromatic rings. The summed E-state index contributed by atoms with van der Waals surface area (Å²) in [4.78, 5) is 0. The fraction of sp³-hybridized carbons (Fsp3) is 0.833. The minimum Gasteiger partial charge on any atom is -0.396 e. The van der Waals surface area contributed by atoms with E-state index in [2.05, 4.69) is 12.2 Å². The molecule has 0 spiro atoms. The Morgan fingerprint density at radius 2 is 2.14 bits per heavy atom. The molecule has 0 radical (unpaired) electrons. The number of ether oxygens (including phenoxy) is 1. The molecule has 1 N–H and O–H groups in total. The van der Waals surface area contributed by atoms with Gasteiger partial charge in [-0.05, 0) is 38.0 Å². The first-order chi connectivity index (χ1) is 6.86. The predicted molar refractivity (Wildman–Crippen MR) is 56.0 cm³/mol. The molecule has 2 heteroatoms. The Morgan fingerprint density at radius 3 is 2.86 bits per heavy atom. The lowest BCUT2D eigenvalue weighted by Gasteiger charge is -2.25. The first-order valence-electron chi connectivity index (χ1n) is 5.74. The Balaban J connectivity index is 2.04. The Morgan fingerprint density at radius 1 is 1.36 bits per heavy atom. The quantitative estimate of drug-likeness (QED) is 0.699. The van der Waals surface area contributed by atoms with Crippen LogP contribution in [0.2, 0.25) is 0 Å². The van der Waals surface area contributed by atoms with E-state index in [1.54, 1.807) is 0 Å². The van der Waals surface area contributed by atoms with Gasteiger partial charge in [0.25, 0.3) is 0 Å². The average molecular weight is 196 g/mol. The van der Waals surface area contributed by atoms with Crippen molar-refractivity contribution < 1.29 is 9.84 Å². The molecule has 2 aliphatic rings. The van der Waals surface area contributed by atoms with Crippen LogP contribution in [0, 0.1) is 17.8 Å². The molecule has 14 heavy (non-hydrogen) atoms. The standard InChI is InChI=1S/C12H20O2/c1-2-14-12-7-9-5-3-4-6-10(9)11(12)8-13/h3-4,9-13H,2,5-8H2,1H3/t9-,10+,11-,12-/m0/s1. The highest BCUT2D eigenvalue weighted by atomic mass is 16.5. The van der Waals surface area contributed by atoms with Gasteiger partial charge in [-0.2, -0.15) is 0 Å². The van der Waals surface area contributed by atoms with Crippen molar-refractivity contribution in [2.75, 3.05) is 13.2 Å². The fourth-order valence-electron chi connectivity index (χ4n) is 3.09. The minimum absolute atomic E-state index is 0.291. The zero-order valence-corrected chi connectivity index (χ0v) is 8.86. The van der Waals surface area contributed by atoms with Gasteiger partial charge in [-0.25, -0.2) is 0 Å². The molecule has 0 aromatic carbocycles. The number of allylic oxidation sites excluding steroid dienone is 2. The summed E-state index contributed by atoms with van der Waals surface area (Å²) in [6.07, 6.45) is 8.32. The average Bonchev–Trinajstić information content (AvgIpc) is 2.55. The molecule has 1 saturated carbocycles. The van der Waals surface area contributed by atoms with Crippen molar-refractivity contribution >= 4 is 0 Å². The van der Waals surface area contributed by atoms with Gasteiger partial charge in [0.15, 0.2) is 0 Å². The van der Waals surface area contributed by atoms with E-state index in [1.165, 1.54) is 6.42 Å². The van der Waals surface area contributed by atoms with Crippen LogP contribution in [-0.4, -0.2) is 24.4 Å². The Hall–Kier alpha value is -0.340. The van der Waals surface area contributed by atoms with Crippen LogP contribution in [0.25, 0.3) is 0 Å². The first-order valence-corrected chi connectivity index (χ1v) is 5.74. The molecular weight excluding hydrogens is 176 g/mol. The van der Waals surface area contributed by atoms with Crippen LogP contribution in [0.3, 0.4) is 0 Å². The van der Waals surface area contributed by atoms with Crippen molar-refractivity contribution in [2.24, 2.45) is 17.8 Å². The van der Waals surface area contributed by atoms with Gasteiger partial charge in [-0.15, -0.1) is 0 Å². The Labute approximate surface area is 86.0 Å². The highest BCUT2D eigenvalue weighted by molar-refractivity contribution is 5.02. The van der Waals surface area contributed by atoms with E-state index in [1.807, 2.05) is 6.92 Å². The highest BCUT2D eigenvalue weighted by Gasteiger charge is 2.42. The van der Waals surface area contributed by atoms with Crippen molar-refractivity contribution in [3.8, 4) is 0 Å². The highest BCUT2D eigenvalue weighted by Crippen LogP contribution is 2.44. The van der Waals surface area contributed by atoms with Crippen LogP contribution in [0.1, 0.15) is 26.2 Å². The summed E-state index contributed by atoms with van der Waals surface area (Å²) in [7, 11) is 0. The number of fused-ring (bicyclic) bond motifs is 1. The molecule has 80 valence electrons. The second-order valence-corrected chi connectivity index (χ2v) is 4.44. The summed E-state index contributed by atoms with van der Waals surface area (Å²) in [6, 6.07) is 0. The normalized spacial score (nSPS) is 41.3. The maximum atomic E-state index is 9.40. The van der Waals surface area contributed by atoms with Gasteiger partial charge in [-0.1, -0.05) is 12.2 Å². The maximum absolute atomic E-state index is 9.40. The van der Waals surface area contributed by atoms with E-state index in [0.29, 0.717) is 24.5 Å². The molecular formula is C12H20O2.